The first kappa shape index (κ1) is 15.6. The van der Waals surface area contributed by atoms with Crippen LogP contribution in [0.5, 0.6) is 0 Å². The van der Waals surface area contributed by atoms with E-state index in [9.17, 15) is 22.4 Å². The minimum Gasteiger partial charge on any atom is -0.449 e. The van der Waals surface area contributed by atoms with E-state index in [2.05, 4.69) is 10.1 Å². The fourth-order valence-electron chi connectivity index (χ4n) is 1.75. The average molecular weight is 300 g/mol. The summed E-state index contributed by atoms with van der Waals surface area (Å²) in [7, 11) is 0. The summed E-state index contributed by atoms with van der Waals surface area (Å²) in [6, 6.07) is 1.57. The van der Waals surface area contributed by atoms with E-state index < -0.39 is 29.7 Å². The van der Waals surface area contributed by atoms with Crippen molar-refractivity contribution in [1.29, 1.82) is 0 Å². The second-order valence-electron chi connectivity index (χ2n) is 3.89. The van der Waals surface area contributed by atoms with Crippen LogP contribution in [0.4, 0.5) is 22.4 Å². The van der Waals surface area contributed by atoms with E-state index in [1.165, 1.54) is 0 Å². The van der Waals surface area contributed by atoms with Crippen LogP contribution < -0.4 is 5.32 Å². The second-order valence-corrected chi connectivity index (χ2v) is 3.89. The SMILES string of the molecule is Cl.O=C1N[C@@H](c2cc(F)cc(C(F)(F)F)c2)CCO1. The molecule has 1 saturated heterocycles. The number of rotatable bonds is 1. The van der Waals surface area contributed by atoms with Gasteiger partial charge in [0.05, 0.1) is 18.2 Å². The van der Waals surface area contributed by atoms with Crippen LogP contribution in [0, 0.1) is 5.82 Å². The van der Waals surface area contributed by atoms with Gasteiger partial charge in [0.1, 0.15) is 5.82 Å². The maximum absolute atomic E-state index is 13.2. The van der Waals surface area contributed by atoms with Crippen molar-refractivity contribution in [3.8, 4) is 0 Å². The predicted molar refractivity (Wildman–Crippen MR) is 60.5 cm³/mol. The minimum atomic E-state index is -4.62. The summed E-state index contributed by atoms with van der Waals surface area (Å²) in [5.74, 6) is -0.986. The Kier molecular flexibility index (Phi) is 4.62. The van der Waals surface area contributed by atoms with E-state index in [0.717, 1.165) is 12.1 Å². The molecule has 0 aliphatic carbocycles. The third kappa shape index (κ3) is 3.73. The first-order valence-electron chi connectivity index (χ1n) is 5.17. The molecule has 1 aromatic carbocycles. The molecule has 1 aromatic rings. The van der Waals surface area contributed by atoms with Crippen molar-refractivity contribution in [3.63, 3.8) is 0 Å². The highest BCUT2D eigenvalue weighted by Crippen LogP contribution is 2.32. The molecular weight excluding hydrogens is 290 g/mol. The maximum atomic E-state index is 13.2. The Hall–Kier alpha value is -1.50. The van der Waals surface area contributed by atoms with Crippen LogP contribution in [0.1, 0.15) is 23.6 Å². The largest absolute Gasteiger partial charge is 0.449 e. The number of alkyl halides is 3. The molecule has 19 heavy (non-hydrogen) atoms. The van der Waals surface area contributed by atoms with E-state index in [4.69, 9.17) is 0 Å². The van der Waals surface area contributed by atoms with Crippen molar-refractivity contribution >= 4 is 18.5 Å². The van der Waals surface area contributed by atoms with Gasteiger partial charge < -0.3 is 10.1 Å². The molecule has 0 bridgehead atoms. The van der Waals surface area contributed by atoms with Gasteiger partial charge in [-0.2, -0.15) is 13.2 Å². The molecule has 1 atom stereocenters. The number of halogens is 5. The molecule has 0 aromatic heterocycles. The highest BCUT2D eigenvalue weighted by molar-refractivity contribution is 5.85. The van der Waals surface area contributed by atoms with Crippen molar-refractivity contribution in [2.75, 3.05) is 6.61 Å². The molecule has 1 heterocycles. The van der Waals surface area contributed by atoms with Gasteiger partial charge in [0.25, 0.3) is 0 Å². The van der Waals surface area contributed by atoms with Crippen molar-refractivity contribution in [1.82, 2.24) is 5.32 Å². The van der Waals surface area contributed by atoms with Gasteiger partial charge in [-0.15, -0.1) is 12.4 Å². The number of benzene rings is 1. The van der Waals surface area contributed by atoms with Crippen LogP contribution in [0.15, 0.2) is 18.2 Å². The summed E-state index contributed by atoms with van der Waals surface area (Å²) in [6.45, 7) is 0.0916. The Morgan fingerprint density at radius 2 is 1.95 bits per heavy atom. The molecule has 1 aliphatic heterocycles. The lowest BCUT2D eigenvalue weighted by Crippen LogP contribution is -2.35. The van der Waals surface area contributed by atoms with Crippen LogP contribution in [0.25, 0.3) is 0 Å². The third-order valence-corrected chi connectivity index (χ3v) is 2.58. The van der Waals surface area contributed by atoms with E-state index in [-0.39, 0.29) is 24.6 Å². The minimum absolute atomic E-state index is 0. The molecule has 2 rings (SSSR count). The zero-order valence-corrected chi connectivity index (χ0v) is 10.3. The molecule has 8 heteroatoms. The Labute approximate surface area is 112 Å². The summed E-state index contributed by atoms with van der Waals surface area (Å²) in [4.78, 5) is 11.0. The van der Waals surface area contributed by atoms with Gasteiger partial charge in [0, 0.05) is 6.42 Å². The first-order chi connectivity index (χ1) is 8.36. The molecule has 0 spiro atoms. The van der Waals surface area contributed by atoms with Crippen LogP contribution in [0.3, 0.4) is 0 Å². The van der Waals surface area contributed by atoms with Crippen LogP contribution in [-0.2, 0) is 10.9 Å². The van der Waals surface area contributed by atoms with Crippen molar-refractivity contribution in [3.05, 3.63) is 35.1 Å². The highest BCUT2D eigenvalue weighted by atomic mass is 35.5. The van der Waals surface area contributed by atoms with Crippen LogP contribution in [0.2, 0.25) is 0 Å². The Bertz CT molecular complexity index is 478. The fourth-order valence-corrected chi connectivity index (χ4v) is 1.75. The molecule has 0 saturated carbocycles. The van der Waals surface area contributed by atoms with Gasteiger partial charge in [-0.25, -0.2) is 9.18 Å². The lowest BCUT2D eigenvalue weighted by atomic mass is 10.0. The lowest BCUT2D eigenvalue weighted by molar-refractivity contribution is -0.137. The summed E-state index contributed by atoms with van der Waals surface area (Å²) in [6.07, 6.45) is -5.04. The van der Waals surface area contributed by atoms with E-state index in [1.54, 1.807) is 0 Å². The van der Waals surface area contributed by atoms with E-state index in [1.807, 2.05) is 0 Å². The normalized spacial score (nSPS) is 19.2. The zero-order valence-electron chi connectivity index (χ0n) is 9.46. The molecule has 1 amide bonds. The molecular formula is C11H10ClF4NO2. The number of hydrogen-bond acceptors (Lipinski definition) is 2. The fraction of sp³-hybridized carbons (Fsp3) is 0.364. The van der Waals surface area contributed by atoms with Gasteiger partial charge in [-0.1, -0.05) is 0 Å². The van der Waals surface area contributed by atoms with Crippen molar-refractivity contribution < 1.29 is 27.1 Å². The summed E-state index contributed by atoms with van der Waals surface area (Å²) >= 11 is 0. The van der Waals surface area contributed by atoms with Crippen LogP contribution in [-0.4, -0.2) is 12.7 Å². The van der Waals surface area contributed by atoms with Gasteiger partial charge in [0.15, 0.2) is 0 Å². The molecule has 1 aliphatic rings. The van der Waals surface area contributed by atoms with Gasteiger partial charge in [-0.05, 0) is 23.8 Å². The first-order valence-corrected chi connectivity index (χ1v) is 5.17. The second kappa shape index (κ2) is 5.64. The van der Waals surface area contributed by atoms with Crippen molar-refractivity contribution in [2.45, 2.75) is 18.6 Å². The molecule has 0 unspecified atom stereocenters. The molecule has 1 N–H and O–H groups in total. The number of nitrogens with one attached hydrogen (secondary N) is 1. The predicted octanol–water partition coefficient (Wildman–Crippen LogP) is 3.44. The number of carbonyl (C=O) groups excluding carboxylic acids is 1. The van der Waals surface area contributed by atoms with E-state index in [0.29, 0.717) is 12.5 Å². The van der Waals surface area contributed by atoms with Gasteiger partial charge in [0.2, 0.25) is 0 Å². The number of cyclic esters (lactones) is 1. The zero-order chi connectivity index (χ0) is 13.3. The highest BCUT2D eigenvalue weighted by Gasteiger charge is 2.32. The van der Waals surface area contributed by atoms with Crippen LogP contribution >= 0.6 is 12.4 Å². The standard InChI is InChI=1S/C11H9F4NO2.ClH/c12-8-4-6(3-7(5-8)11(13,14)15)9-1-2-18-10(17)16-9;/h3-5,9H,1-2H2,(H,16,17);1H/t9-;/m1./s1. The maximum Gasteiger partial charge on any atom is 0.416 e. The number of ether oxygens (including phenoxy) is 1. The van der Waals surface area contributed by atoms with Crippen molar-refractivity contribution in [2.24, 2.45) is 0 Å². The number of amides is 1. The molecule has 3 nitrogen and oxygen atoms in total. The Balaban J connectivity index is 0.00000180. The number of hydrogen-bond donors (Lipinski definition) is 1. The Morgan fingerprint density at radius 3 is 2.53 bits per heavy atom. The third-order valence-electron chi connectivity index (χ3n) is 2.58. The average Bonchev–Trinajstić information content (AvgIpc) is 2.27. The Morgan fingerprint density at radius 1 is 1.26 bits per heavy atom. The monoisotopic (exact) mass is 299 g/mol. The molecule has 1 fully saturated rings. The van der Waals surface area contributed by atoms with E-state index >= 15 is 0 Å². The molecule has 0 radical (unpaired) electrons. The topological polar surface area (TPSA) is 38.3 Å². The summed E-state index contributed by atoms with van der Waals surface area (Å²) < 4.78 is 55.3. The molecule has 106 valence electrons. The summed E-state index contributed by atoms with van der Waals surface area (Å²) in [5, 5.41) is 2.34. The summed E-state index contributed by atoms with van der Waals surface area (Å²) in [5.41, 5.74) is -0.989. The number of carbonyl (C=O) groups is 1. The lowest BCUT2D eigenvalue weighted by Gasteiger charge is -2.24. The van der Waals surface area contributed by atoms with Gasteiger partial charge >= 0.3 is 12.3 Å². The number of alkyl carbamates (subject to hydrolysis) is 1. The van der Waals surface area contributed by atoms with Gasteiger partial charge in [-0.3, -0.25) is 0 Å². The smallest absolute Gasteiger partial charge is 0.416 e. The quantitative estimate of drug-likeness (QED) is 0.807.